The van der Waals surface area contributed by atoms with Gasteiger partial charge in [-0.25, -0.2) is 4.98 Å². The summed E-state index contributed by atoms with van der Waals surface area (Å²) in [6.07, 6.45) is 3.80. The number of alkyl halides is 1. The van der Waals surface area contributed by atoms with Crippen LogP contribution in [-0.4, -0.2) is 28.9 Å². The largest absolute Gasteiger partial charge is 0.345 e. The molecule has 0 aliphatic rings. The van der Waals surface area contributed by atoms with Crippen molar-refractivity contribution in [2.75, 3.05) is 19.0 Å². The zero-order chi connectivity index (χ0) is 11.2. The minimum Gasteiger partial charge on any atom is -0.345 e. The smallest absolute Gasteiger partial charge is 0.0931 e. The second kappa shape index (κ2) is 5.87. The van der Waals surface area contributed by atoms with Gasteiger partial charge in [0, 0.05) is 5.88 Å². The van der Waals surface area contributed by atoms with E-state index in [0.717, 1.165) is 42.8 Å². The number of aromatic amines is 1. The number of hydrogen-bond donors (Lipinski definition) is 2. The third-order valence-electron chi connectivity index (χ3n) is 2.56. The van der Waals surface area contributed by atoms with Crippen molar-refractivity contribution in [2.24, 2.45) is 0 Å². The van der Waals surface area contributed by atoms with Crippen LogP contribution >= 0.6 is 11.6 Å². The standard InChI is InChI=1S/C12H16ClN3/c13-5-1-6-14-7-4-10-2-3-11-12(8-10)16-9-15-11/h2-3,8-9,14H,1,4-7H2,(H,15,16). The molecule has 0 amide bonds. The van der Waals surface area contributed by atoms with Crippen molar-refractivity contribution in [1.29, 1.82) is 0 Å². The molecule has 2 N–H and O–H groups in total. The van der Waals surface area contributed by atoms with Crippen LogP contribution in [0.25, 0.3) is 11.0 Å². The molecule has 0 atom stereocenters. The SMILES string of the molecule is ClCCCNCCc1ccc2nc[nH]c2c1. The molecular weight excluding hydrogens is 222 g/mol. The van der Waals surface area contributed by atoms with Crippen molar-refractivity contribution in [2.45, 2.75) is 12.8 Å². The van der Waals surface area contributed by atoms with E-state index >= 15 is 0 Å². The molecule has 0 aliphatic heterocycles. The van der Waals surface area contributed by atoms with Gasteiger partial charge in [0.1, 0.15) is 0 Å². The fraction of sp³-hybridized carbons (Fsp3) is 0.417. The van der Waals surface area contributed by atoms with Crippen LogP contribution in [0.1, 0.15) is 12.0 Å². The first-order chi connectivity index (χ1) is 7.90. The molecule has 1 aromatic carbocycles. The summed E-state index contributed by atoms with van der Waals surface area (Å²) in [6, 6.07) is 6.35. The van der Waals surface area contributed by atoms with Crippen LogP contribution < -0.4 is 5.32 Å². The molecule has 0 radical (unpaired) electrons. The maximum absolute atomic E-state index is 5.60. The molecule has 1 heterocycles. The number of H-pyrrole nitrogens is 1. The van der Waals surface area contributed by atoms with Gasteiger partial charge in [-0.15, -0.1) is 11.6 Å². The second-order valence-electron chi connectivity index (χ2n) is 3.80. The van der Waals surface area contributed by atoms with E-state index < -0.39 is 0 Å². The predicted molar refractivity (Wildman–Crippen MR) is 68.0 cm³/mol. The molecule has 3 nitrogen and oxygen atoms in total. The molecular formula is C12H16ClN3. The van der Waals surface area contributed by atoms with Gasteiger partial charge in [-0.3, -0.25) is 0 Å². The Labute approximate surface area is 100 Å². The molecule has 0 unspecified atom stereocenters. The Morgan fingerprint density at radius 3 is 3.12 bits per heavy atom. The van der Waals surface area contributed by atoms with Gasteiger partial charge in [0.15, 0.2) is 0 Å². The number of fused-ring (bicyclic) bond motifs is 1. The van der Waals surface area contributed by atoms with Crippen molar-refractivity contribution in [1.82, 2.24) is 15.3 Å². The van der Waals surface area contributed by atoms with Gasteiger partial charge in [0.2, 0.25) is 0 Å². The van der Waals surface area contributed by atoms with Gasteiger partial charge >= 0.3 is 0 Å². The van der Waals surface area contributed by atoms with Crippen LogP contribution in [0.15, 0.2) is 24.5 Å². The van der Waals surface area contributed by atoms with E-state index in [1.165, 1.54) is 5.56 Å². The van der Waals surface area contributed by atoms with Crippen molar-refractivity contribution in [3.8, 4) is 0 Å². The molecule has 2 rings (SSSR count). The lowest BCUT2D eigenvalue weighted by Crippen LogP contribution is -2.18. The van der Waals surface area contributed by atoms with Gasteiger partial charge in [0.05, 0.1) is 17.4 Å². The molecule has 16 heavy (non-hydrogen) atoms. The molecule has 1 aromatic heterocycles. The first-order valence-corrected chi connectivity index (χ1v) is 6.12. The van der Waals surface area contributed by atoms with Crippen molar-refractivity contribution in [3.05, 3.63) is 30.1 Å². The van der Waals surface area contributed by atoms with Gasteiger partial charge < -0.3 is 10.3 Å². The topological polar surface area (TPSA) is 40.7 Å². The quantitative estimate of drug-likeness (QED) is 0.598. The van der Waals surface area contributed by atoms with Crippen LogP contribution in [0.3, 0.4) is 0 Å². The molecule has 0 saturated heterocycles. The number of rotatable bonds is 6. The van der Waals surface area contributed by atoms with Crippen LogP contribution in [0, 0.1) is 0 Å². The summed E-state index contributed by atoms with van der Waals surface area (Å²) in [6.45, 7) is 1.99. The van der Waals surface area contributed by atoms with Crippen molar-refractivity contribution in [3.63, 3.8) is 0 Å². The van der Waals surface area contributed by atoms with Gasteiger partial charge in [-0.2, -0.15) is 0 Å². The predicted octanol–water partition coefficient (Wildman–Crippen LogP) is 2.32. The highest BCUT2D eigenvalue weighted by atomic mass is 35.5. The molecule has 0 spiro atoms. The molecule has 4 heteroatoms. The number of nitrogens with one attached hydrogen (secondary N) is 2. The average molecular weight is 238 g/mol. The first kappa shape index (κ1) is 11.4. The summed E-state index contributed by atoms with van der Waals surface area (Å²) in [7, 11) is 0. The first-order valence-electron chi connectivity index (χ1n) is 5.59. The highest BCUT2D eigenvalue weighted by molar-refractivity contribution is 6.17. The fourth-order valence-electron chi connectivity index (χ4n) is 1.69. The molecule has 0 aliphatic carbocycles. The highest BCUT2D eigenvalue weighted by Gasteiger charge is 1.98. The maximum atomic E-state index is 5.60. The number of imidazole rings is 1. The summed E-state index contributed by atoms with van der Waals surface area (Å²) in [5.41, 5.74) is 3.47. The van der Waals surface area contributed by atoms with E-state index in [4.69, 9.17) is 11.6 Å². The Bertz CT molecular complexity index is 439. The fourth-order valence-corrected chi connectivity index (χ4v) is 1.82. The van der Waals surface area contributed by atoms with Crippen LogP contribution in [0.2, 0.25) is 0 Å². The lowest BCUT2D eigenvalue weighted by Gasteiger charge is -2.03. The normalized spacial score (nSPS) is 11.1. The average Bonchev–Trinajstić information content (AvgIpc) is 2.76. The molecule has 0 bridgehead atoms. The van der Waals surface area contributed by atoms with E-state index in [-0.39, 0.29) is 0 Å². The van der Waals surface area contributed by atoms with Crippen LogP contribution in [-0.2, 0) is 6.42 Å². The van der Waals surface area contributed by atoms with E-state index in [1.807, 2.05) is 0 Å². The van der Waals surface area contributed by atoms with Crippen molar-refractivity contribution < 1.29 is 0 Å². The minimum atomic E-state index is 0.729. The van der Waals surface area contributed by atoms with Gasteiger partial charge in [-0.05, 0) is 43.6 Å². The third-order valence-corrected chi connectivity index (χ3v) is 2.83. The summed E-state index contributed by atoms with van der Waals surface area (Å²) in [5.74, 6) is 0.729. The van der Waals surface area contributed by atoms with Gasteiger partial charge in [-0.1, -0.05) is 6.07 Å². The van der Waals surface area contributed by atoms with E-state index in [1.54, 1.807) is 6.33 Å². The summed E-state index contributed by atoms with van der Waals surface area (Å²) < 4.78 is 0. The second-order valence-corrected chi connectivity index (χ2v) is 4.17. The molecule has 2 aromatic rings. The molecule has 86 valence electrons. The number of nitrogens with zero attached hydrogens (tertiary/aromatic N) is 1. The van der Waals surface area contributed by atoms with Gasteiger partial charge in [0.25, 0.3) is 0 Å². The Kier molecular flexibility index (Phi) is 4.19. The maximum Gasteiger partial charge on any atom is 0.0931 e. The Morgan fingerprint density at radius 2 is 2.25 bits per heavy atom. The number of aromatic nitrogens is 2. The third kappa shape index (κ3) is 2.97. The van der Waals surface area contributed by atoms with E-state index in [0.29, 0.717) is 0 Å². The Balaban J connectivity index is 1.84. The Hall–Kier alpha value is -1.06. The molecule has 0 saturated carbocycles. The summed E-state index contributed by atoms with van der Waals surface area (Å²) >= 11 is 5.60. The van der Waals surface area contributed by atoms with Crippen LogP contribution in [0.5, 0.6) is 0 Å². The van der Waals surface area contributed by atoms with Crippen LogP contribution in [0.4, 0.5) is 0 Å². The summed E-state index contributed by atoms with van der Waals surface area (Å²) in [4.78, 5) is 7.32. The summed E-state index contributed by atoms with van der Waals surface area (Å²) in [5, 5.41) is 3.37. The van der Waals surface area contributed by atoms with E-state index in [9.17, 15) is 0 Å². The van der Waals surface area contributed by atoms with E-state index in [2.05, 4.69) is 33.5 Å². The lowest BCUT2D eigenvalue weighted by atomic mass is 10.1. The zero-order valence-electron chi connectivity index (χ0n) is 9.17. The minimum absolute atomic E-state index is 0.729. The Morgan fingerprint density at radius 1 is 1.31 bits per heavy atom. The number of benzene rings is 1. The number of halogens is 1. The monoisotopic (exact) mass is 237 g/mol. The number of hydrogen-bond acceptors (Lipinski definition) is 2. The zero-order valence-corrected chi connectivity index (χ0v) is 9.93. The highest BCUT2D eigenvalue weighted by Crippen LogP contribution is 2.11. The molecule has 0 fully saturated rings. The van der Waals surface area contributed by atoms with Crippen molar-refractivity contribution >= 4 is 22.6 Å². The lowest BCUT2D eigenvalue weighted by molar-refractivity contribution is 0.673.